The first-order valence-electron chi connectivity index (χ1n) is 9.46. The van der Waals surface area contributed by atoms with Gasteiger partial charge in [0.05, 0.1) is 6.42 Å². The third kappa shape index (κ3) is 6.13. The van der Waals surface area contributed by atoms with Crippen molar-refractivity contribution in [3.05, 3.63) is 48.3 Å². The minimum Gasteiger partial charge on any atom is -0.339 e. The Morgan fingerprint density at radius 1 is 1.10 bits per heavy atom. The Bertz CT molecular complexity index is 794. The highest BCUT2D eigenvalue weighted by Crippen LogP contribution is 2.14. The number of nitrogens with one attached hydrogen (secondary N) is 1. The molecule has 0 saturated carbocycles. The van der Waals surface area contributed by atoms with E-state index < -0.39 is 0 Å². The van der Waals surface area contributed by atoms with Crippen molar-refractivity contribution in [2.75, 3.05) is 42.9 Å². The van der Waals surface area contributed by atoms with E-state index >= 15 is 0 Å². The molecule has 8 nitrogen and oxygen atoms in total. The third-order valence-electron chi connectivity index (χ3n) is 4.85. The quantitative estimate of drug-likeness (QED) is 0.733. The summed E-state index contributed by atoms with van der Waals surface area (Å²) in [7, 11) is 0. The molecule has 1 aliphatic rings. The molecule has 0 spiro atoms. The molecule has 1 aromatic heterocycles. The van der Waals surface area contributed by atoms with Crippen molar-refractivity contribution in [3.8, 4) is 0 Å². The zero-order valence-electron chi connectivity index (χ0n) is 16.5. The van der Waals surface area contributed by atoms with Crippen molar-refractivity contribution in [3.63, 3.8) is 0 Å². The maximum absolute atomic E-state index is 12.6. The maximum atomic E-state index is 12.6. The van der Waals surface area contributed by atoms with E-state index in [1.54, 1.807) is 25.4 Å². The molecule has 1 fully saturated rings. The number of benzene rings is 1. The van der Waals surface area contributed by atoms with Crippen molar-refractivity contribution in [2.24, 2.45) is 11.7 Å². The van der Waals surface area contributed by atoms with Crippen molar-refractivity contribution < 1.29 is 9.59 Å². The number of carbonyl (C=O) groups excluding carboxylic acids is 2. The second kappa shape index (κ2) is 10.7. The van der Waals surface area contributed by atoms with Crippen LogP contribution >= 0.6 is 12.4 Å². The minimum atomic E-state index is -0.235. The van der Waals surface area contributed by atoms with Crippen LogP contribution in [0.1, 0.15) is 12.5 Å². The normalized spacial score (nSPS) is 14.7. The van der Waals surface area contributed by atoms with Crippen LogP contribution in [0.3, 0.4) is 0 Å². The van der Waals surface area contributed by atoms with Gasteiger partial charge in [-0.2, -0.15) is 0 Å². The van der Waals surface area contributed by atoms with Gasteiger partial charge in [-0.15, -0.1) is 12.4 Å². The summed E-state index contributed by atoms with van der Waals surface area (Å²) >= 11 is 0. The Labute approximate surface area is 176 Å². The van der Waals surface area contributed by atoms with Crippen LogP contribution in [0.5, 0.6) is 0 Å². The van der Waals surface area contributed by atoms with Gasteiger partial charge >= 0.3 is 0 Å². The second-order valence-electron chi connectivity index (χ2n) is 6.92. The lowest BCUT2D eigenvalue weighted by Gasteiger charge is -2.34. The summed E-state index contributed by atoms with van der Waals surface area (Å²) in [6.07, 6.45) is 3.79. The standard InChI is InChI=1S/C20H26N6O2.ClH/c1-15(14-21)19(28)24-17-5-3-16(4-6-17)13-18(27)25-9-11-26(12-10-25)20-22-7-2-8-23-20;/h2-8,15H,9-14,21H2,1H3,(H,24,28);1H. The summed E-state index contributed by atoms with van der Waals surface area (Å²) in [6.45, 7) is 4.85. The minimum absolute atomic E-state index is 0. The third-order valence-corrected chi connectivity index (χ3v) is 4.85. The summed E-state index contributed by atoms with van der Waals surface area (Å²) in [5.74, 6) is 0.464. The molecule has 9 heteroatoms. The Morgan fingerprint density at radius 2 is 1.72 bits per heavy atom. The monoisotopic (exact) mass is 418 g/mol. The lowest BCUT2D eigenvalue weighted by Crippen LogP contribution is -2.49. The van der Waals surface area contributed by atoms with Gasteiger partial charge in [0, 0.05) is 56.7 Å². The molecule has 29 heavy (non-hydrogen) atoms. The van der Waals surface area contributed by atoms with Gasteiger partial charge in [-0.05, 0) is 23.8 Å². The van der Waals surface area contributed by atoms with Gasteiger partial charge in [0.2, 0.25) is 17.8 Å². The number of aromatic nitrogens is 2. The van der Waals surface area contributed by atoms with Gasteiger partial charge in [-0.3, -0.25) is 9.59 Å². The van der Waals surface area contributed by atoms with Crippen LogP contribution in [0.15, 0.2) is 42.7 Å². The van der Waals surface area contributed by atoms with E-state index in [1.165, 1.54) is 0 Å². The van der Waals surface area contributed by atoms with Gasteiger partial charge in [0.25, 0.3) is 0 Å². The number of nitrogens with two attached hydrogens (primary N) is 1. The lowest BCUT2D eigenvalue weighted by atomic mass is 10.1. The molecule has 2 amide bonds. The SMILES string of the molecule is CC(CN)C(=O)Nc1ccc(CC(=O)N2CCN(c3ncccn3)CC2)cc1.Cl. The average molecular weight is 419 g/mol. The predicted octanol–water partition coefficient (Wildman–Crippen LogP) is 1.32. The molecule has 156 valence electrons. The second-order valence-corrected chi connectivity index (χ2v) is 6.92. The van der Waals surface area contributed by atoms with Crippen LogP contribution in [-0.4, -0.2) is 59.4 Å². The Hall–Kier alpha value is -2.71. The molecular formula is C20H27ClN6O2. The highest BCUT2D eigenvalue weighted by atomic mass is 35.5. The van der Waals surface area contributed by atoms with Crippen LogP contribution in [0.2, 0.25) is 0 Å². The van der Waals surface area contributed by atoms with Gasteiger partial charge in [-0.25, -0.2) is 9.97 Å². The molecule has 3 rings (SSSR count). The van der Waals surface area contributed by atoms with E-state index in [0.29, 0.717) is 37.7 Å². The fourth-order valence-corrected chi connectivity index (χ4v) is 2.98. The summed E-state index contributed by atoms with van der Waals surface area (Å²) in [6, 6.07) is 9.16. The first-order chi connectivity index (χ1) is 13.6. The number of piperazine rings is 1. The topological polar surface area (TPSA) is 104 Å². The first kappa shape index (κ1) is 22.6. The maximum Gasteiger partial charge on any atom is 0.228 e. The number of rotatable bonds is 6. The van der Waals surface area contributed by atoms with E-state index in [-0.39, 0.29) is 30.1 Å². The molecule has 1 aromatic carbocycles. The lowest BCUT2D eigenvalue weighted by molar-refractivity contribution is -0.130. The van der Waals surface area contributed by atoms with Crippen LogP contribution in [0, 0.1) is 5.92 Å². The van der Waals surface area contributed by atoms with Crippen molar-refractivity contribution in [1.82, 2.24) is 14.9 Å². The number of nitrogens with zero attached hydrogens (tertiary/aromatic N) is 4. The summed E-state index contributed by atoms with van der Waals surface area (Å²) in [5.41, 5.74) is 7.13. The molecule has 0 radical (unpaired) electrons. The van der Waals surface area contributed by atoms with E-state index in [0.717, 1.165) is 18.7 Å². The molecule has 1 aliphatic heterocycles. The average Bonchev–Trinajstić information content (AvgIpc) is 2.75. The highest BCUT2D eigenvalue weighted by molar-refractivity contribution is 5.92. The molecule has 1 saturated heterocycles. The molecule has 1 unspecified atom stereocenters. The first-order valence-corrected chi connectivity index (χ1v) is 9.46. The number of halogens is 1. The number of carbonyl (C=O) groups is 2. The van der Waals surface area contributed by atoms with E-state index in [9.17, 15) is 9.59 Å². The van der Waals surface area contributed by atoms with Crippen LogP contribution in [-0.2, 0) is 16.0 Å². The van der Waals surface area contributed by atoms with Crippen LogP contribution < -0.4 is 16.0 Å². The molecule has 0 bridgehead atoms. The smallest absolute Gasteiger partial charge is 0.228 e. The summed E-state index contributed by atoms with van der Waals surface area (Å²) < 4.78 is 0. The van der Waals surface area contributed by atoms with Gasteiger partial charge in [0.1, 0.15) is 0 Å². The molecule has 1 atom stereocenters. The molecular weight excluding hydrogens is 392 g/mol. The molecule has 2 heterocycles. The predicted molar refractivity (Wildman–Crippen MR) is 115 cm³/mol. The Kier molecular flexibility index (Phi) is 8.35. The molecule has 3 N–H and O–H groups in total. The number of hydrogen-bond acceptors (Lipinski definition) is 6. The van der Waals surface area contributed by atoms with Gasteiger partial charge < -0.3 is 20.9 Å². The fourth-order valence-electron chi connectivity index (χ4n) is 2.98. The largest absolute Gasteiger partial charge is 0.339 e. The molecule has 2 aromatic rings. The number of anilines is 2. The highest BCUT2D eigenvalue weighted by Gasteiger charge is 2.22. The van der Waals surface area contributed by atoms with Crippen LogP contribution in [0.4, 0.5) is 11.6 Å². The zero-order valence-corrected chi connectivity index (χ0v) is 17.3. The van der Waals surface area contributed by atoms with E-state index in [1.807, 2.05) is 29.2 Å². The molecule has 0 aliphatic carbocycles. The van der Waals surface area contributed by atoms with Crippen molar-refractivity contribution in [1.29, 1.82) is 0 Å². The fraction of sp³-hybridized carbons (Fsp3) is 0.400. The summed E-state index contributed by atoms with van der Waals surface area (Å²) in [5, 5.41) is 2.83. The van der Waals surface area contributed by atoms with Gasteiger partial charge in [0.15, 0.2) is 0 Å². The summed E-state index contributed by atoms with van der Waals surface area (Å²) in [4.78, 5) is 36.9. The van der Waals surface area contributed by atoms with Gasteiger partial charge in [-0.1, -0.05) is 19.1 Å². The van der Waals surface area contributed by atoms with E-state index in [2.05, 4.69) is 20.2 Å². The Morgan fingerprint density at radius 3 is 2.31 bits per heavy atom. The van der Waals surface area contributed by atoms with Crippen molar-refractivity contribution in [2.45, 2.75) is 13.3 Å². The Balaban J connectivity index is 0.00000300. The van der Waals surface area contributed by atoms with Crippen LogP contribution in [0.25, 0.3) is 0 Å². The van der Waals surface area contributed by atoms with Crippen molar-refractivity contribution >= 4 is 35.9 Å². The number of hydrogen-bond donors (Lipinski definition) is 2. The zero-order chi connectivity index (χ0) is 19.9. The van der Waals surface area contributed by atoms with E-state index in [4.69, 9.17) is 5.73 Å². The number of amides is 2.